The molecule has 3 rings (SSSR count). The summed E-state index contributed by atoms with van der Waals surface area (Å²) < 4.78 is 5.96. The molecule has 0 spiro atoms. The molecule has 2 fully saturated rings. The van der Waals surface area contributed by atoms with Crippen molar-refractivity contribution in [3.8, 4) is 0 Å². The predicted molar refractivity (Wildman–Crippen MR) is 75.8 cm³/mol. The highest BCUT2D eigenvalue weighted by Crippen LogP contribution is 2.40. The number of ether oxygens (including phenoxy) is 1. The molecule has 20 heavy (non-hydrogen) atoms. The Morgan fingerprint density at radius 1 is 1.25 bits per heavy atom. The maximum absolute atomic E-state index is 9.61. The lowest BCUT2D eigenvalue weighted by atomic mass is 9.81. The maximum Gasteiger partial charge on any atom is 0.0830 e. The molecule has 0 radical (unpaired) electrons. The molecule has 0 unspecified atom stereocenters. The van der Waals surface area contributed by atoms with Gasteiger partial charge in [-0.3, -0.25) is 4.84 Å². The third-order valence-corrected chi connectivity index (χ3v) is 4.43. The third kappa shape index (κ3) is 2.49. The van der Waals surface area contributed by atoms with E-state index in [0.717, 1.165) is 19.8 Å². The van der Waals surface area contributed by atoms with Crippen molar-refractivity contribution in [1.29, 1.82) is 0 Å². The normalized spacial score (nSPS) is 30.6. The molecule has 2 heterocycles. The van der Waals surface area contributed by atoms with Crippen LogP contribution in [0.2, 0.25) is 0 Å². The van der Waals surface area contributed by atoms with Crippen molar-refractivity contribution < 1.29 is 14.7 Å². The van der Waals surface area contributed by atoms with Crippen LogP contribution in [0.15, 0.2) is 30.3 Å². The van der Waals surface area contributed by atoms with E-state index in [1.165, 1.54) is 5.56 Å². The Hall–Kier alpha value is -0.940. The summed E-state index contributed by atoms with van der Waals surface area (Å²) in [7, 11) is 0. The third-order valence-electron chi connectivity index (χ3n) is 4.43. The van der Waals surface area contributed by atoms with E-state index in [9.17, 15) is 5.11 Å². The second-order valence-electron chi connectivity index (χ2n) is 6.51. The quantitative estimate of drug-likeness (QED) is 0.912. The Morgan fingerprint density at radius 3 is 2.70 bits per heavy atom. The van der Waals surface area contributed by atoms with Gasteiger partial charge in [-0.25, -0.2) is 0 Å². The number of aliphatic hydroxyl groups is 1. The second kappa shape index (κ2) is 5.45. The van der Waals surface area contributed by atoms with Gasteiger partial charge in [0, 0.05) is 17.9 Å². The van der Waals surface area contributed by atoms with E-state index in [1.54, 1.807) is 0 Å². The predicted octanol–water partition coefficient (Wildman–Crippen LogP) is 1.84. The van der Waals surface area contributed by atoms with Crippen molar-refractivity contribution in [2.45, 2.75) is 32.5 Å². The zero-order valence-electron chi connectivity index (χ0n) is 12.2. The van der Waals surface area contributed by atoms with Gasteiger partial charge in [-0.2, -0.15) is 5.06 Å². The highest BCUT2D eigenvalue weighted by Gasteiger charge is 2.51. The Labute approximate surface area is 120 Å². The number of aliphatic hydroxyl groups excluding tert-OH is 1. The Balaban J connectivity index is 1.76. The van der Waals surface area contributed by atoms with Crippen LogP contribution in [0.1, 0.15) is 19.4 Å². The van der Waals surface area contributed by atoms with Crippen LogP contribution in [0.25, 0.3) is 0 Å². The van der Waals surface area contributed by atoms with E-state index >= 15 is 0 Å². The summed E-state index contributed by atoms with van der Waals surface area (Å²) in [5, 5.41) is 11.7. The van der Waals surface area contributed by atoms with Crippen molar-refractivity contribution in [2.24, 2.45) is 11.3 Å². The Bertz CT molecular complexity index is 448. The molecule has 0 bridgehead atoms. The molecule has 0 amide bonds. The summed E-state index contributed by atoms with van der Waals surface area (Å²) in [4.78, 5) is 5.87. The lowest BCUT2D eigenvalue weighted by molar-refractivity contribution is -0.176. The van der Waals surface area contributed by atoms with Crippen LogP contribution in [0, 0.1) is 11.3 Å². The van der Waals surface area contributed by atoms with Crippen molar-refractivity contribution >= 4 is 0 Å². The van der Waals surface area contributed by atoms with Crippen LogP contribution in [0.3, 0.4) is 0 Å². The summed E-state index contributed by atoms with van der Waals surface area (Å²) in [6, 6.07) is 10.6. The standard InChI is InChI=1S/C16H23NO3/c1-16(2,11-18)15-14-13(9-19-15)10-20-17(14)8-12-6-4-3-5-7-12/h3-7,13-15,18H,8-11H2,1-2H3/t13-,14+,15+/m0/s1. The molecule has 0 saturated carbocycles. The fourth-order valence-corrected chi connectivity index (χ4v) is 3.17. The molecule has 1 aromatic rings. The first kappa shape index (κ1) is 14.0. The van der Waals surface area contributed by atoms with E-state index in [-0.39, 0.29) is 24.2 Å². The van der Waals surface area contributed by atoms with Crippen LogP contribution in [-0.2, 0) is 16.1 Å². The van der Waals surface area contributed by atoms with Gasteiger partial charge >= 0.3 is 0 Å². The average molecular weight is 277 g/mol. The van der Waals surface area contributed by atoms with Crippen LogP contribution in [-0.4, -0.2) is 42.1 Å². The van der Waals surface area contributed by atoms with Gasteiger partial charge in [0.2, 0.25) is 0 Å². The largest absolute Gasteiger partial charge is 0.396 e. The van der Waals surface area contributed by atoms with Crippen molar-refractivity contribution in [1.82, 2.24) is 5.06 Å². The van der Waals surface area contributed by atoms with Crippen molar-refractivity contribution in [3.05, 3.63) is 35.9 Å². The molecule has 0 aliphatic carbocycles. The lowest BCUT2D eigenvalue weighted by Gasteiger charge is -2.35. The number of hydrogen-bond acceptors (Lipinski definition) is 4. The van der Waals surface area contributed by atoms with E-state index in [1.807, 2.05) is 18.2 Å². The zero-order chi connectivity index (χ0) is 14.2. The van der Waals surface area contributed by atoms with Gasteiger partial charge in [-0.05, 0) is 5.56 Å². The van der Waals surface area contributed by atoms with Crippen LogP contribution in [0.5, 0.6) is 0 Å². The molecular weight excluding hydrogens is 254 g/mol. The summed E-state index contributed by atoms with van der Waals surface area (Å²) in [5.41, 5.74) is 0.989. The van der Waals surface area contributed by atoms with E-state index in [4.69, 9.17) is 9.57 Å². The van der Waals surface area contributed by atoms with Gasteiger partial charge in [-0.1, -0.05) is 44.2 Å². The second-order valence-corrected chi connectivity index (χ2v) is 6.51. The molecule has 1 aromatic carbocycles. The molecule has 110 valence electrons. The molecule has 1 N–H and O–H groups in total. The summed E-state index contributed by atoms with van der Waals surface area (Å²) in [6.45, 7) is 6.45. The zero-order valence-corrected chi connectivity index (χ0v) is 12.2. The first-order valence-corrected chi connectivity index (χ1v) is 7.28. The van der Waals surface area contributed by atoms with Gasteiger partial charge in [0.15, 0.2) is 0 Å². The van der Waals surface area contributed by atoms with Gasteiger partial charge in [0.1, 0.15) is 0 Å². The number of nitrogens with zero attached hydrogens (tertiary/aromatic N) is 1. The minimum Gasteiger partial charge on any atom is -0.396 e. The van der Waals surface area contributed by atoms with Crippen LogP contribution in [0.4, 0.5) is 0 Å². The van der Waals surface area contributed by atoms with Gasteiger partial charge in [-0.15, -0.1) is 0 Å². The molecule has 2 aliphatic rings. The van der Waals surface area contributed by atoms with E-state index in [0.29, 0.717) is 5.92 Å². The van der Waals surface area contributed by atoms with Crippen LogP contribution >= 0.6 is 0 Å². The monoisotopic (exact) mass is 277 g/mol. The average Bonchev–Trinajstić information content (AvgIpc) is 3.03. The highest BCUT2D eigenvalue weighted by molar-refractivity contribution is 5.15. The smallest absolute Gasteiger partial charge is 0.0830 e. The lowest BCUT2D eigenvalue weighted by Crippen LogP contribution is -2.47. The van der Waals surface area contributed by atoms with Gasteiger partial charge in [0.25, 0.3) is 0 Å². The molecule has 4 nitrogen and oxygen atoms in total. The Kier molecular flexibility index (Phi) is 3.82. The van der Waals surface area contributed by atoms with Gasteiger partial charge in [0.05, 0.1) is 32.0 Å². The van der Waals surface area contributed by atoms with E-state index < -0.39 is 0 Å². The number of hydroxylamine groups is 2. The minimum atomic E-state index is -0.248. The highest BCUT2D eigenvalue weighted by atomic mass is 16.7. The number of rotatable bonds is 4. The summed E-state index contributed by atoms with van der Waals surface area (Å²) >= 11 is 0. The van der Waals surface area contributed by atoms with Crippen LogP contribution < -0.4 is 0 Å². The number of benzene rings is 1. The summed E-state index contributed by atoms with van der Waals surface area (Å²) in [6.07, 6.45) is 0.0173. The fourth-order valence-electron chi connectivity index (χ4n) is 3.17. The molecule has 2 aliphatic heterocycles. The Morgan fingerprint density at radius 2 is 2.00 bits per heavy atom. The van der Waals surface area contributed by atoms with Crippen molar-refractivity contribution in [2.75, 3.05) is 19.8 Å². The molecule has 3 atom stereocenters. The first-order valence-electron chi connectivity index (χ1n) is 7.28. The minimum absolute atomic E-state index is 0.0173. The van der Waals surface area contributed by atoms with E-state index in [2.05, 4.69) is 31.0 Å². The molecule has 2 saturated heterocycles. The topological polar surface area (TPSA) is 41.9 Å². The molecule has 0 aromatic heterocycles. The molecular formula is C16H23NO3. The first-order chi connectivity index (χ1) is 9.62. The van der Waals surface area contributed by atoms with Gasteiger partial charge < -0.3 is 9.84 Å². The fraction of sp³-hybridized carbons (Fsp3) is 0.625. The number of fused-ring (bicyclic) bond motifs is 1. The summed E-state index contributed by atoms with van der Waals surface area (Å²) in [5.74, 6) is 0.412. The number of hydrogen-bond donors (Lipinski definition) is 1. The SMILES string of the molecule is CC(C)(CO)[C@@H]1OC[C@H]2CON(Cc3ccccc3)[C@H]21. The maximum atomic E-state index is 9.61. The van der Waals surface area contributed by atoms with Crippen molar-refractivity contribution in [3.63, 3.8) is 0 Å². The molecule has 4 heteroatoms.